The van der Waals surface area contributed by atoms with Crippen LogP contribution in [0.5, 0.6) is 11.5 Å². The van der Waals surface area contributed by atoms with Gasteiger partial charge in [0.1, 0.15) is 17.4 Å². The maximum atomic E-state index is 15.2. The van der Waals surface area contributed by atoms with Crippen molar-refractivity contribution in [3.8, 4) is 22.6 Å². The van der Waals surface area contributed by atoms with E-state index in [2.05, 4.69) is 4.74 Å². The molecule has 0 bridgehead atoms. The minimum Gasteiger partial charge on any atom is -0.494 e. The standard InChI is InChI=1S/C28H22F6O2/c1-2-11-35-20-8-10-21(23(29)15-20)18-7-9-22-19(14-18)6-5-17(26(22)32)4-3-16-12-24(30)27(25(31)13-16)36-28(33)34/h5-10,12-15,28H,2-4,11H2,1H3. The topological polar surface area (TPSA) is 18.5 Å². The molecule has 0 N–H and O–H groups in total. The molecule has 0 aliphatic heterocycles. The molecule has 0 aromatic heterocycles. The molecule has 4 aromatic carbocycles. The Labute approximate surface area is 204 Å². The molecule has 4 aromatic rings. The van der Waals surface area contributed by atoms with Gasteiger partial charge in [-0.1, -0.05) is 31.2 Å². The molecule has 0 atom stereocenters. The molecule has 0 aliphatic rings. The van der Waals surface area contributed by atoms with E-state index in [1.807, 2.05) is 6.92 Å². The van der Waals surface area contributed by atoms with Gasteiger partial charge in [-0.2, -0.15) is 8.78 Å². The molecular weight excluding hydrogens is 482 g/mol. The lowest BCUT2D eigenvalue weighted by molar-refractivity contribution is -0.0546. The fourth-order valence-corrected chi connectivity index (χ4v) is 3.97. The Morgan fingerprint density at radius 2 is 1.53 bits per heavy atom. The zero-order valence-electron chi connectivity index (χ0n) is 19.3. The second-order valence-electron chi connectivity index (χ2n) is 8.23. The molecule has 8 heteroatoms. The summed E-state index contributed by atoms with van der Waals surface area (Å²) >= 11 is 0. The Morgan fingerprint density at radius 1 is 0.778 bits per heavy atom. The monoisotopic (exact) mass is 504 g/mol. The van der Waals surface area contributed by atoms with Crippen LogP contribution in [-0.2, 0) is 12.8 Å². The van der Waals surface area contributed by atoms with Crippen LogP contribution in [0.1, 0.15) is 24.5 Å². The Balaban J connectivity index is 1.54. The minimum absolute atomic E-state index is 0.0704. The summed E-state index contributed by atoms with van der Waals surface area (Å²) < 4.78 is 91.7. The van der Waals surface area contributed by atoms with Crippen molar-refractivity contribution in [2.75, 3.05) is 6.61 Å². The summed E-state index contributed by atoms with van der Waals surface area (Å²) in [6.07, 6.45) is 0.990. The fraction of sp³-hybridized carbons (Fsp3) is 0.214. The predicted octanol–water partition coefficient (Wildman–Crippen LogP) is 8.24. The Bertz CT molecular complexity index is 1360. The number of fused-ring (bicyclic) bond motifs is 1. The van der Waals surface area contributed by atoms with E-state index in [4.69, 9.17) is 4.74 Å². The van der Waals surface area contributed by atoms with Crippen LogP contribution in [0.4, 0.5) is 26.3 Å². The van der Waals surface area contributed by atoms with Crippen molar-refractivity contribution >= 4 is 10.8 Å². The molecule has 0 saturated heterocycles. The first-order chi connectivity index (χ1) is 17.3. The van der Waals surface area contributed by atoms with E-state index in [-0.39, 0.29) is 18.4 Å². The summed E-state index contributed by atoms with van der Waals surface area (Å²) in [6.45, 7) is -0.920. The number of rotatable bonds is 9. The van der Waals surface area contributed by atoms with E-state index in [1.165, 1.54) is 6.07 Å². The third-order valence-corrected chi connectivity index (χ3v) is 5.71. The van der Waals surface area contributed by atoms with Crippen molar-refractivity contribution in [2.24, 2.45) is 0 Å². The van der Waals surface area contributed by atoms with Crippen molar-refractivity contribution in [3.05, 3.63) is 95.1 Å². The van der Waals surface area contributed by atoms with E-state index < -0.39 is 35.6 Å². The lowest BCUT2D eigenvalue weighted by Gasteiger charge is -2.11. The summed E-state index contributed by atoms with van der Waals surface area (Å²) in [7, 11) is 0. The van der Waals surface area contributed by atoms with Gasteiger partial charge < -0.3 is 9.47 Å². The first-order valence-corrected chi connectivity index (χ1v) is 11.3. The van der Waals surface area contributed by atoms with Crippen LogP contribution < -0.4 is 9.47 Å². The Kier molecular flexibility index (Phi) is 7.72. The van der Waals surface area contributed by atoms with Crippen LogP contribution in [0.15, 0.2) is 60.7 Å². The highest BCUT2D eigenvalue weighted by Gasteiger charge is 2.17. The lowest BCUT2D eigenvalue weighted by Crippen LogP contribution is -2.06. The maximum Gasteiger partial charge on any atom is 0.387 e. The highest BCUT2D eigenvalue weighted by atomic mass is 19.3. The molecule has 0 fully saturated rings. The second-order valence-corrected chi connectivity index (χ2v) is 8.23. The van der Waals surface area contributed by atoms with E-state index >= 15 is 4.39 Å². The van der Waals surface area contributed by atoms with Crippen molar-refractivity contribution < 1.29 is 35.8 Å². The minimum atomic E-state index is -3.36. The number of alkyl halides is 2. The van der Waals surface area contributed by atoms with Crippen LogP contribution in [0.2, 0.25) is 0 Å². The van der Waals surface area contributed by atoms with Gasteiger partial charge in [-0.25, -0.2) is 17.6 Å². The molecule has 4 rings (SSSR count). The van der Waals surface area contributed by atoms with Crippen LogP contribution in [0.3, 0.4) is 0 Å². The molecule has 0 unspecified atom stereocenters. The zero-order valence-corrected chi connectivity index (χ0v) is 19.3. The molecule has 2 nitrogen and oxygen atoms in total. The van der Waals surface area contributed by atoms with Crippen LogP contribution in [-0.4, -0.2) is 13.2 Å². The number of hydrogen-bond donors (Lipinski definition) is 0. The Hall–Kier alpha value is -3.68. The maximum absolute atomic E-state index is 15.2. The van der Waals surface area contributed by atoms with Crippen molar-refractivity contribution in [1.29, 1.82) is 0 Å². The number of aryl methyl sites for hydroxylation is 2. The first-order valence-electron chi connectivity index (χ1n) is 11.3. The molecule has 0 saturated carbocycles. The number of benzene rings is 4. The summed E-state index contributed by atoms with van der Waals surface area (Å²) in [5, 5.41) is 0.877. The second kappa shape index (κ2) is 10.9. The van der Waals surface area contributed by atoms with Gasteiger partial charge >= 0.3 is 6.61 Å². The summed E-state index contributed by atoms with van der Waals surface area (Å²) in [5.74, 6) is -4.18. The summed E-state index contributed by atoms with van der Waals surface area (Å²) in [4.78, 5) is 0. The van der Waals surface area contributed by atoms with Gasteiger partial charge in [-0.05, 0) is 71.7 Å². The van der Waals surface area contributed by atoms with E-state index in [0.29, 0.717) is 39.8 Å². The molecule has 0 aliphatic carbocycles. The van der Waals surface area contributed by atoms with Crippen molar-refractivity contribution in [2.45, 2.75) is 32.8 Å². The van der Waals surface area contributed by atoms with Gasteiger partial charge in [-0.3, -0.25) is 0 Å². The van der Waals surface area contributed by atoms with E-state index in [0.717, 1.165) is 18.6 Å². The molecular formula is C28H22F6O2. The molecule has 0 heterocycles. The predicted molar refractivity (Wildman–Crippen MR) is 125 cm³/mol. The van der Waals surface area contributed by atoms with Gasteiger partial charge in [0.05, 0.1) is 6.61 Å². The van der Waals surface area contributed by atoms with Gasteiger partial charge in [0.2, 0.25) is 0 Å². The van der Waals surface area contributed by atoms with Crippen molar-refractivity contribution in [3.63, 3.8) is 0 Å². The third-order valence-electron chi connectivity index (χ3n) is 5.71. The highest BCUT2D eigenvalue weighted by molar-refractivity contribution is 5.88. The molecule has 188 valence electrons. The number of hydrogen-bond acceptors (Lipinski definition) is 2. The van der Waals surface area contributed by atoms with Gasteiger partial charge in [0.15, 0.2) is 17.4 Å². The average Bonchev–Trinajstić information content (AvgIpc) is 2.84. The summed E-state index contributed by atoms with van der Waals surface area (Å²) in [6, 6.07) is 14.5. The Morgan fingerprint density at radius 3 is 2.19 bits per heavy atom. The number of halogens is 6. The largest absolute Gasteiger partial charge is 0.494 e. The fourth-order valence-electron chi connectivity index (χ4n) is 3.97. The average molecular weight is 504 g/mol. The highest BCUT2D eigenvalue weighted by Crippen LogP contribution is 2.31. The molecule has 36 heavy (non-hydrogen) atoms. The van der Waals surface area contributed by atoms with E-state index in [1.54, 1.807) is 42.5 Å². The zero-order chi connectivity index (χ0) is 25.8. The van der Waals surface area contributed by atoms with Gasteiger partial charge in [0, 0.05) is 17.0 Å². The molecule has 0 amide bonds. The van der Waals surface area contributed by atoms with Crippen LogP contribution >= 0.6 is 0 Å². The number of ether oxygens (including phenoxy) is 2. The van der Waals surface area contributed by atoms with Crippen LogP contribution in [0.25, 0.3) is 21.9 Å². The van der Waals surface area contributed by atoms with Crippen molar-refractivity contribution in [1.82, 2.24) is 0 Å². The smallest absolute Gasteiger partial charge is 0.387 e. The third kappa shape index (κ3) is 5.58. The quantitative estimate of drug-likeness (QED) is 0.214. The van der Waals surface area contributed by atoms with Gasteiger partial charge in [-0.15, -0.1) is 0 Å². The first kappa shape index (κ1) is 25.4. The van der Waals surface area contributed by atoms with Crippen LogP contribution in [0, 0.1) is 23.3 Å². The summed E-state index contributed by atoms with van der Waals surface area (Å²) in [5.41, 5.74) is 1.41. The SMILES string of the molecule is CCCOc1ccc(-c2ccc3c(F)c(CCc4cc(F)c(OC(F)F)c(F)c4)ccc3c2)c(F)c1. The molecule has 0 radical (unpaired) electrons. The van der Waals surface area contributed by atoms with Gasteiger partial charge in [0.25, 0.3) is 0 Å². The normalized spacial score (nSPS) is 11.3. The lowest BCUT2D eigenvalue weighted by atomic mass is 9.97. The van der Waals surface area contributed by atoms with E-state index in [9.17, 15) is 22.0 Å². The molecule has 0 spiro atoms.